The van der Waals surface area contributed by atoms with Gasteiger partial charge in [-0.05, 0) is 24.7 Å². The molecule has 2 rings (SSSR count). The van der Waals surface area contributed by atoms with Gasteiger partial charge in [0.1, 0.15) is 12.2 Å². The van der Waals surface area contributed by atoms with Gasteiger partial charge >= 0.3 is 0 Å². The van der Waals surface area contributed by atoms with Gasteiger partial charge in [-0.2, -0.15) is 0 Å². The molecule has 1 aromatic rings. The fraction of sp³-hybridized carbons (Fsp3) is 0.800. The van der Waals surface area contributed by atoms with Crippen LogP contribution in [0.25, 0.3) is 0 Å². The highest BCUT2D eigenvalue weighted by atomic mass is 15.3. The first kappa shape index (κ1) is 9.65. The second kappa shape index (κ2) is 3.69. The van der Waals surface area contributed by atoms with Crippen LogP contribution >= 0.6 is 0 Å². The molecule has 2 N–H and O–H groups in total. The maximum atomic E-state index is 6.18. The highest BCUT2D eigenvalue weighted by Gasteiger charge is 2.29. The van der Waals surface area contributed by atoms with E-state index in [1.54, 1.807) is 6.33 Å². The predicted molar refractivity (Wildman–Crippen MR) is 54.4 cm³/mol. The molecule has 0 amide bonds. The third-order valence-corrected chi connectivity index (χ3v) is 3.29. The quantitative estimate of drug-likeness (QED) is 0.771. The molecule has 0 aliphatic heterocycles. The van der Waals surface area contributed by atoms with Gasteiger partial charge in [-0.15, -0.1) is 10.2 Å². The first-order valence-corrected chi connectivity index (χ1v) is 5.28. The van der Waals surface area contributed by atoms with Crippen molar-refractivity contribution in [3.63, 3.8) is 0 Å². The molecule has 0 spiro atoms. The smallest absolute Gasteiger partial charge is 0.149 e. The summed E-state index contributed by atoms with van der Waals surface area (Å²) in [5.41, 5.74) is 6.18. The summed E-state index contributed by atoms with van der Waals surface area (Å²) in [5, 5.41) is 7.94. The highest BCUT2D eigenvalue weighted by Crippen LogP contribution is 2.36. The lowest BCUT2D eigenvalue weighted by atomic mass is 9.97. The maximum absolute atomic E-state index is 6.18. The van der Waals surface area contributed by atoms with E-state index in [1.807, 2.05) is 11.6 Å². The summed E-state index contributed by atoms with van der Waals surface area (Å²) < 4.78 is 1.92. The van der Waals surface area contributed by atoms with Crippen molar-refractivity contribution in [3.05, 3.63) is 12.2 Å². The van der Waals surface area contributed by atoms with Gasteiger partial charge in [0.2, 0.25) is 0 Å². The lowest BCUT2D eigenvalue weighted by Crippen LogP contribution is -2.22. The predicted octanol–water partition coefficient (Wildman–Crippen LogP) is 1.25. The fourth-order valence-corrected chi connectivity index (χ4v) is 2.38. The van der Waals surface area contributed by atoms with Crippen molar-refractivity contribution in [2.75, 3.05) is 0 Å². The molecule has 14 heavy (non-hydrogen) atoms. The number of aromatic nitrogens is 3. The number of nitrogens with zero attached hydrogens (tertiary/aromatic N) is 3. The summed E-state index contributed by atoms with van der Waals surface area (Å²) in [6, 6.07) is 0.0625. The van der Waals surface area contributed by atoms with Crippen molar-refractivity contribution in [2.24, 2.45) is 24.6 Å². The van der Waals surface area contributed by atoms with E-state index in [0.717, 1.165) is 11.7 Å². The molecule has 0 radical (unpaired) electrons. The second-order valence-electron chi connectivity index (χ2n) is 4.50. The van der Waals surface area contributed by atoms with Gasteiger partial charge in [-0.3, -0.25) is 0 Å². The topological polar surface area (TPSA) is 56.7 Å². The third kappa shape index (κ3) is 1.66. The van der Waals surface area contributed by atoms with Crippen LogP contribution in [0.2, 0.25) is 0 Å². The molecule has 1 saturated carbocycles. The number of nitrogens with two attached hydrogens (primary N) is 1. The van der Waals surface area contributed by atoms with Gasteiger partial charge in [-0.1, -0.05) is 13.3 Å². The van der Waals surface area contributed by atoms with E-state index >= 15 is 0 Å². The van der Waals surface area contributed by atoms with Gasteiger partial charge in [0, 0.05) is 7.05 Å². The molecule has 0 bridgehead atoms. The van der Waals surface area contributed by atoms with E-state index in [0.29, 0.717) is 5.92 Å². The van der Waals surface area contributed by atoms with Crippen LogP contribution in [0.5, 0.6) is 0 Å². The van der Waals surface area contributed by atoms with Crippen LogP contribution in [-0.4, -0.2) is 14.8 Å². The summed E-state index contributed by atoms with van der Waals surface area (Å²) in [5.74, 6) is 2.33. The first-order chi connectivity index (χ1) is 6.68. The lowest BCUT2D eigenvalue weighted by Gasteiger charge is -2.17. The van der Waals surface area contributed by atoms with Crippen LogP contribution in [0.1, 0.15) is 38.1 Å². The Kier molecular flexibility index (Phi) is 2.54. The molecular weight excluding hydrogens is 176 g/mol. The van der Waals surface area contributed by atoms with Crippen molar-refractivity contribution in [3.8, 4) is 0 Å². The van der Waals surface area contributed by atoms with Crippen molar-refractivity contribution < 1.29 is 0 Å². The van der Waals surface area contributed by atoms with E-state index in [9.17, 15) is 0 Å². The normalized spacial score (nSPS) is 29.4. The van der Waals surface area contributed by atoms with Crippen LogP contribution < -0.4 is 5.73 Å². The van der Waals surface area contributed by atoms with Gasteiger partial charge < -0.3 is 10.3 Å². The van der Waals surface area contributed by atoms with Crippen LogP contribution in [-0.2, 0) is 7.05 Å². The number of rotatable bonds is 2. The Labute approximate surface area is 84.5 Å². The monoisotopic (exact) mass is 194 g/mol. The summed E-state index contributed by atoms with van der Waals surface area (Å²) >= 11 is 0. The van der Waals surface area contributed by atoms with Crippen molar-refractivity contribution in [1.82, 2.24) is 14.8 Å². The van der Waals surface area contributed by atoms with Gasteiger partial charge in [0.25, 0.3) is 0 Å². The Morgan fingerprint density at radius 2 is 2.36 bits per heavy atom. The zero-order valence-electron chi connectivity index (χ0n) is 8.85. The van der Waals surface area contributed by atoms with E-state index in [2.05, 4.69) is 17.1 Å². The second-order valence-corrected chi connectivity index (χ2v) is 4.50. The fourth-order valence-electron chi connectivity index (χ4n) is 2.38. The Hall–Kier alpha value is -0.900. The molecule has 4 heteroatoms. The standard InChI is InChI=1S/C10H18N4/c1-7-3-4-8(5-7)9(11)10-13-12-6-14(10)2/h6-9H,3-5,11H2,1-2H3. The van der Waals surface area contributed by atoms with Crippen molar-refractivity contribution >= 4 is 0 Å². The summed E-state index contributed by atoms with van der Waals surface area (Å²) in [6.07, 6.45) is 5.48. The SMILES string of the molecule is CC1CCC(C(N)c2nncn2C)C1. The molecule has 1 aliphatic carbocycles. The minimum Gasteiger partial charge on any atom is -0.321 e. The molecule has 4 nitrogen and oxygen atoms in total. The molecular formula is C10H18N4. The summed E-state index contributed by atoms with van der Waals surface area (Å²) in [6.45, 7) is 2.30. The molecule has 0 aromatic carbocycles. The molecule has 3 unspecified atom stereocenters. The van der Waals surface area contributed by atoms with E-state index in [-0.39, 0.29) is 6.04 Å². The van der Waals surface area contributed by atoms with Crippen LogP contribution in [0.3, 0.4) is 0 Å². The van der Waals surface area contributed by atoms with Crippen molar-refractivity contribution in [2.45, 2.75) is 32.2 Å². The molecule has 1 aromatic heterocycles. The number of hydrogen-bond acceptors (Lipinski definition) is 3. The zero-order chi connectivity index (χ0) is 10.1. The Balaban J connectivity index is 2.09. The van der Waals surface area contributed by atoms with Crippen LogP contribution in [0.4, 0.5) is 0 Å². The van der Waals surface area contributed by atoms with E-state index < -0.39 is 0 Å². The van der Waals surface area contributed by atoms with Gasteiger partial charge in [0.05, 0.1) is 6.04 Å². The zero-order valence-corrected chi connectivity index (χ0v) is 8.85. The van der Waals surface area contributed by atoms with Gasteiger partial charge in [-0.25, -0.2) is 0 Å². The van der Waals surface area contributed by atoms with E-state index in [1.165, 1.54) is 19.3 Å². The largest absolute Gasteiger partial charge is 0.321 e. The molecule has 78 valence electrons. The van der Waals surface area contributed by atoms with Gasteiger partial charge in [0.15, 0.2) is 0 Å². The summed E-state index contributed by atoms with van der Waals surface area (Å²) in [4.78, 5) is 0. The molecule has 3 atom stereocenters. The third-order valence-electron chi connectivity index (χ3n) is 3.29. The Morgan fingerprint density at radius 1 is 1.57 bits per heavy atom. The maximum Gasteiger partial charge on any atom is 0.149 e. The average molecular weight is 194 g/mol. The molecule has 0 saturated heterocycles. The van der Waals surface area contributed by atoms with Crippen LogP contribution in [0, 0.1) is 11.8 Å². The minimum atomic E-state index is 0.0625. The highest BCUT2D eigenvalue weighted by molar-refractivity contribution is 4.97. The van der Waals surface area contributed by atoms with E-state index in [4.69, 9.17) is 5.73 Å². The molecule has 1 fully saturated rings. The Morgan fingerprint density at radius 3 is 2.86 bits per heavy atom. The number of hydrogen-bond donors (Lipinski definition) is 1. The minimum absolute atomic E-state index is 0.0625. The van der Waals surface area contributed by atoms with Crippen LogP contribution in [0.15, 0.2) is 6.33 Å². The first-order valence-electron chi connectivity index (χ1n) is 5.28. The Bertz CT molecular complexity index is 307. The molecule has 1 aliphatic rings. The number of aryl methyl sites for hydroxylation is 1. The molecule has 1 heterocycles. The lowest BCUT2D eigenvalue weighted by molar-refractivity contribution is 0.405. The average Bonchev–Trinajstić information content (AvgIpc) is 2.73. The summed E-state index contributed by atoms with van der Waals surface area (Å²) in [7, 11) is 1.95. The van der Waals surface area contributed by atoms with Crippen molar-refractivity contribution in [1.29, 1.82) is 0 Å².